The number of methoxy groups -OCH3 is 1. The second-order valence-electron chi connectivity index (χ2n) is 13.4. The number of aliphatic carboxylic acids is 3. The summed E-state index contributed by atoms with van der Waals surface area (Å²) in [4.78, 5) is 46.3. The molecule has 4 N–H and O–H groups in total. The number of carboxylic acids is 3. The number of ketones is 1. The Balaban J connectivity index is 3.25. The van der Waals surface area contributed by atoms with E-state index in [1.165, 1.54) is 7.11 Å². The van der Waals surface area contributed by atoms with E-state index in [1.807, 2.05) is 51.2 Å². The van der Waals surface area contributed by atoms with Crippen LogP contribution in [0.15, 0.2) is 36.0 Å². The Labute approximate surface area is 308 Å². The zero-order valence-corrected chi connectivity index (χ0v) is 31.5. The first-order valence-corrected chi connectivity index (χ1v) is 18.2. The van der Waals surface area contributed by atoms with Crippen LogP contribution in [0.1, 0.15) is 85.5 Å². The third kappa shape index (κ3) is 20.3. The molecule has 0 aromatic rings. The van der Waals surface area contributed by atoms with Crippen molar-refractivity contribution in [1.29, 1.82) is 0 Å². The van der Waals surface area contributed by atoms with Gasteiger partial charge in [0.1, 0.15) is 11.7 Å². The molecule has 0 spiro atoms. The van der Waals surface area contributed by atoms with Gasteiger partial charge in [0, 0.05) is 26.1 Å². The molecule has 0 aromatic carbocycles. The third-order valence-electron chi connectivity index (χ3n) is 8.66. The van der Waals surface area contributed by atoms with E-state index >= 15 is 0 Å². The molecule has 1 aliphatic heterocycles. The van der Waals surface area contributed by atoms with Crippen molar-refractivity contribution in [3.8, 4) is 0 Å². The summed E-state index contributed by atoms with van der Waals surface area (Å²) in [6.45, 7) is 7.34. The number of Topliss-reactive ketones (excluding diaryl/α,β-unsaturated/α-hetero) is 1. The Morgan fingerprint density at radius 3 is 1.88 bits per heavy atom. The normalized spacial score (nSPS) is 18.7. The van der Waals surface area contributed by atoms with Gasteiger partial charge in [0.15, 0.2) is 5.78 Å². The molecule has 0 aromatic heterocycles. The van der Waals surface area contributed by atoms with Crippen LogP contribution in [0.25, 0.3) is 0 Å². The lowest BCUT2D eigenvalue weighted by Gasteiger charge is -2.38. The van der Waals surface area contributed by atoms with Gasteiger partial charge in [-0.25, -0.2) is 0 Å². The van der Waals surface area contributed by atoms with Gasteiger partial charge >= 0.3 is 17.9 Å². The lowest BCUT2D eigenvalue weighted by Crippen LogP contribution is -2.50. The Morgan fingerprint density at radius 2 is 1.42 bits per heavy atom. The van der Waals surface area contributed by atoms with Crippen LogP contribution in [0.5, 0.6) is 0 Å². The molecule has 0 bridgehead atoms. The monoisotopic (exact) mass is 742 g/mol. The molecule has 14 nitrogen and oxygen atoms in total. The first-order valence-electron chi connectivity index (χ1n) is 18.2. The van der Waals surface area contributed by atoms with E-state index in [0.717, 1.165) is 24.8 Å². The Bertz CT molecular complexity index is 1090. The molecular weight excluding hydrogens is 680 g/mol. The van der Waals surface area contributed by atoms with Gasteiger partial charge in [-0.2, -0.15) is 0 Å². The largest absolute Gasteiger partial charge is 0.481 e. The molecule has 6 atom stereocenters. The topological polar surface area (TPSA) is 205 Å². The summed E-state index contributed by atoms with van der Waals surface area (Å²) in [6, 6.07) is 0. The van der Waals surface area contributed by atoms with Gasteiger partial charge < -0.3 is 48.8 Å². The number of carbonyl (C=O) groups excluding carboxylic acids is 1. The minimum absolute atomic E-state index is 0.0773. The highest BCUT2D eigenvalue weighted by atomic mass is 16.6. The van der Waals surface area contributed by atoms with Crippen molar-refractivity contribution in [3.05, 3.63) is 36.0 Å². The maximum Gasteiger partial charge on any atom is 0.305 e. The maximum atomic E-state index is 12.8. The predicted octanol–water partition coefficient (Wildman–Crippen LogP) is 4.62. The quantitative estimate of drug-likeness (QED) is 0.0586. The summed E-state index contributed by atoms with van der Waals surface area (Å²) in [7, 11) is 1.43. The van der Waals surface area contributed by atoms with Crippen molar-refractivity contribution in [2.45, 2.75) is 115 Å². The Hall–Kier alpha value is -2.98. The van der Waals surface area contributed by atoms with E-state index in [0.29, 0.717) is 25.9 Å². The smallest absolute Gasteiger partial charge is 0.305 e. The molecule has 0 amide bonds. The summed E-state index contributed by atoms with van der Waals surface area (Å²) in [5.41, 5.74) is -0.510. The zero-order chi connectivity index (χ0) is 38.9. The fourth-order valence-corrected chi connectivity index (χ4v) is 5.68. The highest BCUT2D eigenvalue weighted by Gasteiger charge is 2.38. The van der Waals surface area contributed by atoms with E-state index in [-0.39, 0.29) is 82.6 Å². The summed E-state index contributed by atoms with van der Waals surface area (Å²) < 4.78 is 35.3. The summed E-state index contributed by atoms with van der Waals surface area (Å²) in [5.74, 6) is -3.48. The summed E-state index contributed by atoms with van der Waals surface area (Å²) in [6.07, 6.45) is 10.7. The Kier molecular flexibility index (Phi) is 24.2. The van der Waals surface area contributed by atoms with Gasteiger partial charge in [0.05, 0.1) is 77.2 Å². The van der Waals surface area contributed by atoms with E-state index in [1.54, 1.807) is 6.92 Å². The fourth-order valence-electron chi connectivity index (χ4n) is 5.68. The molecule has 1 heterocycles. The van der Waals surface area contributed by atoms with Crippen LogP contribution in [0.4, 0.5) is 0 Å². The summed E-state index contributed by atoms with van der Waals surface area (Å²) in [5, 5.41) is 37.5. The standard InChI is InChI=1S/C38H62O14/c1-6-31(39)37(47-5)36(46)29(4)22-27(2)12-8-7-9-13-28(3)32(23-30-14-10-11-18-51-30)52-38(24-48-19-15-33(40)41,25-49-20-16-34(42)43)26-50-21-17-35(44)45/h7-9,12-13,27,29-32,37,39H,6,10-11,14-26H2,1-5H3,(H,40,41)(H,42,43)(H,44,45)/b9-7+,12-8+,28-13+/t27-,29-,30+,31-,32?,37-/m1/s1. The average molecular weight is 743 g/mol. The molecular formula is C38H62O14. The molecule has 1 rings (SSSR count). The molecule has 0 radical (unpaired) electrons. The molecule has 52 heavy (non-hydrogen) atoms. The number of hydrogen-bond donors (Lipinski definition) is 4. The van der Waals surface area contributed by atoms with Gasteiger partial charge in [-0.05, 0) is 50.5 Å². The number of aliphatic hydroxyl groups excluding tert-OH is 1. The highest BCUT2D eigenvalue weighted by Crippen LogP contribution is 2.28. The van der Waals surface area contributed by atoms with Crippen LogP contribution >= 0.6 is 0 Å². The first-order chi connectivity index (χ1) is 24.7. The van der Waals surface area contributed by atoms with Crippen LogP contribution < -0.4 is 0 Å². The molecule has 1 aliphatic rings. The van der Waals surface area contributed by atoms with Crippen LogP contribution in [-0.4, -0.2) is 127 Å². The van der Waals surface area contributed by atoms with Gasteiger partial charge in [-0.15, -0.1) is 0 Å². The lowest BCUT2D eigenvalue weighted by molar-refractivity contribution is -0.191. The average Bonchev–Trinajstić information content (AvgIpc) is 3.10. The van der Waals surface area contributed by atoms with Crippen molar-refractivity contribution in [2.24, 2.45) is 11.8 Å². The number of hydrogen-bond acceptors (Lipinski definition) is 11. The van der Waals surface area contributed by atoms with E-state index in [9.17, 15) is 24.3 Å². The second-order valence-corrected chi connectivity index (χ2v) is 13.4. The van der Waals surface area contributed by atoms with E-state index < -0.39 is 41.8 Å². The number of allylic oxidation sites excluding steroid dienone is 5. The molecule has 1 fully saturated rings. The summed E-state index contributed by atoms with van der Waals surface area (Å²) >= 11 is 0. The Morgan fingerprint density at radius 1 is 0.865 bits per heavy atom. The second kappa shape index (κ2) is 26.7. The molecule has 0 aliphatic carbocycles. The van der Waals surface area contributed by atoms with Gasteiger partial charge in [-0.1, -0.05) is 51.2 Å². The first kappa shape index (κ1) is 47.0. The van der Waals surface area contributed by atoms with Gasteiger partial charge in [-0.3, -0.25) is 19.2 Å². The predicted molar refractivity (Wildman–Crippen MR) is 192 cm³/mol. The van der Waals surface area contributed by atoms with Crippen LogP contribution in [0.3, 0.4) is 0 Å². The number of rotatable bonds is 30. The SMILES string of the molecule is CC[C@@H](O)[C@@H](OC)C(=O)[C@H](C)C[C@H](C)/C=C/C=C/C=C(\C)C(C[C@@H]1CCCCO1)OC(COCCC(=O)O)(COCCC(=O)O)COCCC(=O)O. The number of ether oxygens (including phenoxy) is 6. The minimum Gasteiger partial charge on any atom is -0.481 e. The van der Waals surface area contributed by atoms with Crippen molar-refractivity contribution in [3.63, 3.8) is 0 Å². The molecule has 0 saturated carbocycles. The van der Waals surface area contributed by atoms with Crippen LogP contribution in [0.2, 0.25) is 0 Å². The molecule has 14 heteroatoms. The molecule has 1 saturated heterocycles. The molecule has 1 unspecified atom stereocenters. The van der Waals surface area contributed by atoms with Crippen molar-refractivity contribution in [2.75, 3.05) is 53.4 Å². The van der Waals surface area contributed by atoms with Crippen molar-refractivity contribution in [1.82, 2.24) is 0 Å². The van der Waals surface area contributed by atoms with Gasteiger partial charge in [0.25, 0.3) is 0 Å². The van der Waals surface area contributed by atoms with Crippen LogP contribution in [0, 0.1) is 11.8 Å². The lowest BCUT2D eigenvalue weighted by atomic mass is 9.89. The van der Waals surface area contributed by atoms with E-state index in [2.05, 4.69) is 0 Å². The number of carbonyl (C=O) groups is 4. The van der Waals surface area contributed by atoms with Crippen molar-refractivity contribution >= 4 is 23.7 Å². The van der Waals surface area contributed by atoms with E-state index in [4.69, 9.17) is 43.7 Å². The highest BCUT2D eigenvalue weighted by molar-refractivity contribution is 5.85. The number of carboxylic acid groups (broad SMARTS) is 3. The maximum absolute atomic E-state index is 12.8. The van der Waals surface area contributed by atoms with Crippen molar-refractivity contribution < 1.29 is 68.0 Å². The number of aliphatic hydroxyl groups is 1. The third-order valence-corrected chi connectivity index (χ3v) is 8.66. The molecule has 298 valence electrons. The zero-order valence-electron chi connectivity index (χ0n) is 31.5. The minimum atomic E-state index is -1.34. The van der Waals surface area contributed by atoms with Crippen LogP contribution in [-0.2, 0) is 47.6 Å². The van der Waals surface area contributed by atoms with Gasteiger partial charge in [0.2, 0.25) is 0 Å². The fraction of sp³-hybridized carbons (Fsp3) is 0.737.